The normalized spacial score (nSPS) is 10.4. The van der Waals surface area contributed by atoms with Gasteiger partial charge < -0.3 is 10.1 Å². The average molecular weight is 259 g/mol. The van der Waals surface area contributed by atoms with Crippen molar-refractivity contribution in [3.05, 3.63) is 65.5 Å². The van der Waals surface area contributed by atoms with Gasteiger partial charge in [-0.15, -0.1) is 0 Å². The average Bonchev–Trinajstić information content (AvgIpc) is 2.43. The molecule has 0 radical (unpaired) electrons. The highest BCUT2D eigenvalue weighted by molar-refractivity contribution is 5.29. The van der Waals surface area contributed by atoms with Gasteiger partial charge in [0.15, 0.2) is 0 Å². The summed E-state index contributed by atoms with van der Waals surface area (Å²) in [5, 5.41) is 3.27. The van der Waals surface area contributed by atoms with Gasteiger partial charge in [-0.05, 0) is 41.9 Å². The first kappa shape index (κ1) is 13.6. The zero-order valence-corrected chi connectivity index (χ0v) is 11.0. The highest BCUT2D eigenvalue weighted by Crippen LogP contribution is 2.15. The van der Waals surface area contributed by atoms with Gasteiger partial charge in [0.2, 0.25) is 0 Å². The smallest absolute Gasteiger partial charge is 0.123 e. The van der Waals surface area contributed by atoms with Crippen LogP contribution in [0.15, 0.2) is 48.5 Å². The molecule has 1 N–H and O–H groups in total. The molecule has 0 heterocycles. The molecule has 0 aliphatic rings. The van der Waals surface area contributed by atoms with Crippen LogP contribution in [0.5, 0.6) is 5.75 Å². The Morgan fingerprint density at radius 1 is 1.05 bits per heavy atom. The van der Waals surface area contributed by atoms with Crippen molar-refractivity contribution in [3.8, 4) is 5.75 Å². The van der Waals surface area contributed by atoms with Crippen LogP contribution in [0, 0.1) is 5.82 Å². The van der Waals surface area contributed by atoms with Crippen LogP contribution in [-0.2, 0) is 13.2 Å². The molecular formula is C16H18FNO. The van der Waals surface area contributed by atoms with E-state index in [1.165, 1.54) is 17.7 Å². The molecule has 100 valence electrons. The Labute approximate surface area is 113 Å². The summed E-state index contributed by atoms with van der Waals surface area (Å²) >= 11 is 0. The minimum atomic E-state index is -0.234. The third-order valence-corrected chi connectivity index (χ3v) is 2.77. The number of ether oxygens (including phenoxy) is 1. The van der Waals surface area contributed by atoms with E-state index in [9.17, 15) is 4.39 Å². The molecule has 0 amide bonds. The Morgan fingerprint density at radius 3 is 2.63 bits per heavy atom. The molecule has 0 saturated heterocycles. The molecule has 0 aliphatic carbocycles. The molecule has 0 bridgehead atoms. The molecule has 0 fully saturated rings. The minimum absolute atomic E-state index is 0.234. The zero-order valence-electron chi connectivity index (χ0n) is 11.0. The SMILES string of the molecule is CCNCc1cccc(OCc2cccc(F)c2)c1. The molecule has 3 heteroatoms. The van der Waals surface area contributed by atoms with Gasteiger partial charge in [-0.25, -0.2) is 4.39 Å². The molecule has 0 atom stereocenters. The van der Waals surface area contributed by atoms with E-state index in [1.807, 2.05) is 24.3 Å². The van der Waals surface area contributed by atoms with Crippen LogP contribution >= 0.6 is 0 Å². The van der Waals surface area contributed by atoms with E-state index < -0.39 is 0 Å². The summed E-state index contributed by atoms with van der Waals surface area (Å²) in [5.41, 5.74) is 2.01. The van der Waals surface area contributed by atoms with Crippen LogP contribution < -0.4 is 10.1 Å². The first-order valence-electron chi connectivity index (χ1n) is 6.45. The summed E-state index contributed by atoms with van der Waals surface area (Å²) in [5.74, 6) is 0.571. The Bertz CT molecular complexity index is 528. The number of benzene rings is 2. The zero-order chi connectivity index (χ0) is 13.5. The molecule has 0 aliphatic heterocycles. The number of nitrogens with one attached hydrogen (secondary N) is 1. The van der Waals surface area contributed by atoms with E-state index in [1.54, 1.807) is 6.07 Å². The fraction of sp³-hybridized carbons (Fsp3) is 0.250. The number of rotatable bonds is 6. The van der Waals surface area contributed by atoms with Gasteiger partial charge in [-0.1, -0.05) is 31.2 Å². The predicted molar refractivity (Wildman–Crippen MR) is 74.6 cm³/mol. The lowest BCUT2D eigenvalue weighted by Crippen LogP contribution is -2.11. The van der Waals surface area contributed by atoms with Crippen LogP contribution in [-0.4, -0.2) is 6.54 Å². The van der Waals surface area contributed by atoms with Crippen molar-refractivity contribution in [2.45, 2.75) is 20.1 Å². The van der Waals surface area contributed by atoms with Gasteiger partial charge in [-0.2, -0.15) is 0 Å². The van der Waals surface area contributed by atoms with E-state index in [0.717, 1.165) is 24.4 Å². The number of hydrogen-bond acceptors (Lipinski definition) is 2. The van der Waals surface area contributed by atoms with E-state index in [0.29, 0.717) is 6.61 Å². The summed E-state index contributed by atoms with van der Waals surface area (Å²) in [6.45, 7) is 4.22. The summed E-state index contributed by atoms with van der Waals surface area (Å²) in [4.78, 5) is 0. The van der Waals surface area contributed by atoms with Gasteiger partial charge in [-0.3, -0.25) is 0 Å². The molecule has 2 nitrogen and oxygen atoms in total. The molecule has 0 unspecified atom stereocenters. The van der Waals surface area contributed by atoms with Crippen molar-refractivity contribution in [3.63, 3.8) is 0 Å². The monoisotopic (exact) mass is 259 g/mol. The van der Waals surface area contributed by atoms with E-state index in [2.05, 4.69) is 18.3 Å². The van der Waals surface area contributed by atoms with Gasteiger partial charge in [0.05, 0.1) is 0 Å². The molecule has 2 aromatic rings. The summed E-state index contributed by atoms with van der Waals surface area (Å²) in [6, 6.07) is 14.4. The largest absolute Gasteiger partial charge is 0.489 e. The van der Waals surface area contributed by atoms with Gasteiger partial charge in [0.1, 0.15) is 18.2 Å². The van der Waals surface area contributed by atoms with Crippen LogP contribution in [0.2, 0.25) is 0 Å². The minimum Gasteiger partial charge on any atom is -0.489 e. The van der Waals surface area contributed by atoms with Crippen molar-refractivity contribution in [2.24, 2.45) is 0 Å². The second kappa shape index (κ2) is 6.90. The topological polar surface area (TPSA) is 21.3 Å². The van der Waals surface area contributed by atoms with Gasteiger partial charge in [0, 0.05) is 6.54 Å². The van der Waals surface area contributed by atoms with Crippen molar-refractivity contribution >= 4 is 0 Å². The number of hydrogen-bond donors (Lipinski definition) is 1. The van der Waals surface area contributed by atoms with E-state index in [-0.39, 0.29) is 5.82 Å². The summed E-state index contributed by atoms with van der Waals surface area (Å²) < 4.78 is 18.7. The fourth-order valence-electron chi connectivity index (χ4n) is 1.81. The highest BCUT2D eigenvalue weighted by atomic mass is 19.1. The Hall–Kier alpha value is -1.87. The van der Waals surface area contributed by atoms with Crippen LogP contribution in [0.3, 0.4) is 0 Å². The van der Waals surface area contributed by atoms with Crippen LogP contribution in [0.25, 0.3) is 0 Å². The second-order valence-electron chi connectivity index (χ2n) is 4.35. The Morgan fingerprint density at radius 2 is 1.84 bits per heavy atom. The highest BCUT2D eigenvalue weighted by Gasteiger charge is 1.99. The predicted octanol–water partition coefficient (Wildman–Crippen LogP) is 3.51. The van der Waals surface area contributed by atoms with E-state index >= 15 is 0 Å². The van der Waals surface area contributed by atoms with Crippen LogP contribution in [0.4, 0.5) is 4.39 Å². The van der Waals surface area contributed by atoms with Gasteiger partial charge in [0.25, 0.3) is 0 Å². The first-order chi connectivity index (χ1) is 9.28. The molecule has 0 spiro atoms. The lowest BCUT2D eigenvalue weighted by Gasteiger charge is -2.08. The lowest BCUT2D eigenvalue weighted by atomic mass is 10.2. The summed E-state index contributed by atoms with van der Waals surface area (Å²) in [7, 11) is 0. The molecule has 0 saturated carbocycles. The standard InChI is InChI=1S/C16H18FNO/c1-2-18-11-13-5-4-8-16(10-13)19-12-14-6-3-7-15(17)9-14/h3-10,18H,2,11-12H2,1H3. The Kier molecular flexibility index (Phi) is 4.93. The molecule has 2 aromatic carbocycles. The molecule has 19 heavy (non-hydrogen) atoms. The third-order valence-electron chi connectivity index (χ3n) is 2.77. The maximum Gasteiger partial charge on any atom is 0.123 e. The van der Waals surface area contributed by atoms with Crippen molar-refractivity contribution < 1.29 is 9.13 Å². The van der Waals surface area contributed by atoms with Crippen molar-refractivity contribution in [1.29, 1.82) is 0 Å². The molecule has 2 rings (SSSR count). The van der Waals surface area contributed by atoms with Crippen LogP contribution in [0.1, 0.15) is 18.1 Å². The van der Waals surface area contributed by atoms with Gasteiger partial charge >= 0.3 is 0 Å². The second-order valence-corrected chi connectivity index (χ2v) is 4.35. The maximum atomic E-state index is 13.0. The molecular weight excluding hydrogens is 241 g/mol. The van der Waals surface area contributed by atoms with E-state index in [4.69, 9.17) is 4.74 Å². The fourth-order valence-corrected chi connectivity index (χ4v) is 1.81. The first-order valence-corrected chi connectivity index (χ1v) is 6.45. The lowest BCUT2D eigenvalue weighted by molar-refractivity contribution is 0.305. The maximum absolute atomic E-state index is 13.0. The Balaban J connectivity index is 1.95. The third kappa shape index (κ3) is 4.38. The van der Waals surface area contributed by atoms with Crippen molar-refractivity contribution in [1.82, 2.24) is 5.32 Å². The van der Waals surface area contributed by atoms with Crippen molar-refractivity contribution in [2.75, 3.05) is 6.54 Å². The number of halogens is 1. The quantitative estimate of drug-likeness (QED) is 0.857. The summed E-state index contributed by atoms with van der Waals surface area (Å²) in [6.07, 6.45) is 0. The molecule has 0 aromatic heterocycles.